The van der Waals surface area contributed by atoms with Crippen molar-refractivity contribution in [1.82, 2.24) is 5.32 Å². The van der Waals surface area contributed by atoms with Crippen LogP contribution in [0.2, 0.25) is 0 Å². The van der Waals surface area contributed by atoms with E-state index >= 15 is 0 Å². The van der Waals surface area contributed by atoms with Crippen molar-refractivity contribution in [2.24, 2.45) is 11.8 Å². The van der Waals surface area contributed by atoms with Gasteiger partial charge in [0.25, 0.3) is 0 Å². The van der Waals surface area contributed by atoms with Crippen LogP contribution in [-0.2, 0) is 23.1 Å². The van der Waals surface area contributed by atoms with Crippen LogP contribution in [0.1, 0.15) is 110 Å². The number of alkyl halides is 1. The van der Waals surface area contributed by atoms with Gasteiger partial charge in [0, 0.05) is 35.0 Å². The number of hydrogen-bond acceptors (Lipinski definition) is 6. The summed E-state index contributed by atoms with van der Waals surface area (Å²) in [7, 11) is 0. The van der Waals surface area contributed by atoms with Crippen LogP contribution in [0.25, 0.3) is 0 Å². The summed E-state index contributed by atoms with van der Waals surface area (Å²) in [6, 6.07) is 0. The SMILES string of the molecule is CCCCCCCCCCCCCCCCCCNC(=O)OC[C@@H]1[C@@H](COP(=O)(Cl)OCCBr)[C@H]2C=C[C@@H]1O2. The van der Waals surface area contributed by atoms with Crippen molar-refractivity contribution in [3.05, 3.63) is 12.2 Å². The third-order valence-electron chi connectivity index (χ3n) is 7.65. The maximum atomic E-state index is 12.2. The number of amides is 1. The summed E-state index contributed by atoms with van der Waals surface area (Å²) in [5.41, 5.74) is 0. The van der Waals surface area contributed by atoms with Crippen LogP contribution in [0, 0.1) is 11.8 Å². The van der Waals surface area contributed by atoms with Gasteiger partial charge in [0.15, 0.2) is 0 Å². The number of halogens is 2. The van der Waals surface area contributed by atoms with Crippen LogP contribution < -0.4 is 5.32 Å². The van der Waals surface area contributed by atoms with Crippen molar-refractivity contribution in [3.63, 3.8) is 0 Å². The quantitative estimate of drug-likeness (QED) is 0.0456. The molecule has 2 rings (SSSR count). The summed E-state index contributed by atoms with van der Waals surface area (Å²) in [6.45, 7) is -0.236. The van der Waals surface area contributed by atoms with Crippen LogP contribution in [0.3, 0.4) is 0 Å². The maximum Gasteiger partial charge on any atom is 0.424 e. The molecule has 228 valence electrons. The minimum atomic E-state index is -3.65. The zero-order valence-corrected chi connectivity index (χ0v) is 27.2. The first-order chi connectivity index (χ1) is 19.0. The van der Waals surface area contributed by atoms with Crippen LogP contribution in [-0.4, -0.2) is 50.0 Å². The predicted molar refractivity (Wildman–Crippen MR) is 163 cm³/mol. The second-order valence-electron chi connectivity index (χ2n) is 10.9. The number of alkyl carbamates (subject to hydrolysis) is 1. The Morgan fingerprint density at radius 1 is 0.821 bits per heavy atom. The molecule has 39 heavy (non-hydrogen) atoms. The van der Waals surface area contributed by atoms with E-state index in [1.165, 1.54) is 89.9 Å². The summed E-state index contributed by atoms with van der Waals surface area (Å²) >= 11 is 9.07. The minimum Gasteiger partial charge on any atom is -0.449 e. The average Bonchev–Trinajstić information content (AvgIpc) is 3.53. The van der Waals surface area contributed by atoms with Crippen molar-refractivity contribution in [2.45, 2.75) is 122 Å². The van der Waals surface area contributed by atoms with E-state index in [2.05, 4.69) is 28.2 Å². The molecule has 2 heterocycles. The van der Waals surface area contributed by atoms with E-state index in [0.717, 1.165) is 12.8 Å². The van der Waals surface area contributed by atoms with Gasteiger partial charge in [-0.2, -0.15) is 0 Å². The number of nitrogens with one attached hydrogen (secondary N) is 1. The van der Waals surface area contributed by atoms with E-state index in [1.54, 1.807) is 0 Å². The lowest BCUT2D eigenvalue weighted by Crippen LogP contribution is -2.34. The highest BCUT2D eigenvalue weighted by atomic mass is 79.9. The summed E-state index contributed by atoms with van der Waals surface area (Å²) in [4.78, 5) is 12.2. The van der Waals surface area contributed by atoms with Crippen molar-refractivity contribution in [3.8, 4) is 0 Å². The Morgan fingerprint density at radius 3 is 1.82 bits per heavy atom. The molecule has 2 aliphatic rings. The number of rotatable bonds is 25. The summed E-state index contributed by atoms with van der Waals surface area (Å²) in [5.74, 6) is -0.179. The molecule has 2 bridgehead atoms. The molecule has 10 heteroatoms. The Kier molecular flexibility index (Phi) is 19.4. The fourth-order valence-electron chi connectivity index (χ4n) is 5.34. The molecule has 2 aliphatic heterocycles. The second kappa shape index (κ2) is 21.6. The molecule has 1 N–H and O–H groups in total. The molecule has 1 amide bonds. The minimum absolute atomic E-state index is 0.0749. The molecule has 7 nitrogen and oxygen atoms in total. The zero-order valence-electron chi connectivity index (χ0n) is 24.0. The number of ether oxygens (including phenoxy) is 2. The fraction of sp³-hybridized carbons (Fsp3) is 0.897. The van der Waals surface area contributed by atoms with E-state index in [0.29, 0.717) is 11.9 Å². The zero-order chi connectivity index (χ0) is 28.2. The third-order valence-corrected chi connectivity index (χ3v) is 9.51. The summed E-state index contributed by atoms with van der Waals surface area (Å²) < 4.78 is 34.0. The van der Waals surface area contributed by atoms with Gasteiger partial charge < -0.3 is 14.8 Å². The Bertz CT molecular complexity index is 730. The van der Waals surface area contributed by atoms with E-state index < -0.39 is 13.0 Å². The number of unbranched alkanes of at least 4 members (excludes halogenated alkanes) is 15. The van der Waals surface area contributed by atoms with Crippen LogP contribution >= 0.6 is 34.1 Å². The average molecular weight is 657 g/mol. The van der Waals surface area contributed by atoms with Gasteiger partial charge in [0.1, 0.15) is 0 Å². The molecule has 5 atom stereocenters. The lowest BCUT2D eigenvalue weighted by Gasteiger charge is -2.25. The second-order valence-corrected chi connectivity index (χ2v) is 14.3. The first-order valence-electron chi connectivity index (χ1n) is 15.4. The van der Waals surface area contributed by atoms with Crippen LogP contribution in [0.4, 0.5) is 4.79 Å². The van der Waals surface area contributed by atoms with Crippen molar-refractivity contribution in [2.75, 3.05) is 31.7 Å². The molecular formula is C29H52BrClNO6P. The summed E-state index contributed by atoms with van der Waals surface area (Å²) in [5, 5.41) is 3.37. The molecule has 1 saturated heterocycles. The molecular weight excluding hydrogens is 605 g/mol. The lowest BCUT2D eigenvalue weighted by atomic mass is 9.84. The monoisotopic (exact) mass is 655 g/mol. The first-order valence-corrected chi connectivity index (χ1v) is 18.9. The largest absolute Gasteiger partial charge is 0.449 e. The van der Waals surface area contributed by atoms with E-state index in [1.807, 2.05) is 12.2 Å². The number of carbonyl (C=O) groups is 1. The highest BCUT2D eigenvalue weighted by molar-refractivity contribution is 9.09. The standard InChI is InChI=1S/C29H52BrClNO6P/c1-2-3-4-5-6-7-8-9-10-11-12-13-14-15-16-17-21-32-29(33)35-23-25-26(28-19-18-27(25)38-28)24-37-39(31,34)36-22-20-30/h18-19,25-28H,2-17,20-24H2,1H3,(H,32,33)/t25-,26-,27+,28-,39?/m1/s1. The van der Waals surface area contributed by atoms with Crippen LogP contribution in [0.15, 0.2) is 12.2 Å². The Balaban J connectivity index is 1.42. The third kappa shape index (κ3) is 15.6. The molecule has 0 aromatic rings. The van der Waals surface area contributed by atoms with Gasteiger partial charge in [0.2, 0.25) is 0 Å². The molecule has 0 aromatic heterocycles. The molecule has 0 aliphatic carbocycles. The Labute approximate surface area is 250 Å². The van der Waals surface area contributed by atoms with Crippen LogP contribution in [0.5, 0.6) is 0 Å². The highest BCUT2D eigenvalue weighted by Crippen LogP contribution is 2.55. The molecule has 0 aromatic carbocycles. The number of carbonyl (C=O) groups excluding carboxylic acids is 1. The molecule has 1 fully saturated rings. The first kappa shape index (κ1) is 35.1. The molecule has 0 spiro atoms. The van der Waals surface area contributed by atoms with Gasteiger partial charge in [-0.3, -0.25) is 9.05 Å². The summed E-state index contributed by atoms with van der Waals surface area (Å²) in [6.07, 6.45) is 24.4. The fourth-order valence-corrected chi connectivity index (χ4v) is 6.87. The van der Waals surface area contributed by atoms with Crippen molar-refractivity contribution in [1.29, 1.82) is 0 Å². The van der Waals surface area contributed by atoms with E-state index in [9.17, 15) is 9.36 Å². The van der Waals surface area contributed by atoms with E-state index in [-0.39, 0.29) is 43.9 Å². The normalized spacial score (nSPS) is 23.3. The van der Waals surface area contributed by atoms with Gasteiger partial charge >= 0.3 is 13.0 Å². The van der Waals surface area contributed by atoms with Gasteiger partial charge in [-0.05, 0) is 6.42 Å². The highest BCUT2D eigenvalue weighted by Gasteiger charge is 2.47. The lowest BCUT2D eigenvalue weighted by molar-refractivity contribution is 0.0831. The van der Waals surface area contributed by atoms with E-state index in [4.69, 9.17) is 29.8 Å². The smallest absolute Gasteiger partial charge is 0.424 e. The van der Waals surface area contributed by atoms with Gasteiger partial charge in [-0.15, -0.1) is 0 Å². The molecule has 1 unspecified atom stereocenters. The topological polar surface area (TPSA) is 83.1 Å². The van der Waals surface area contributed by atoms with Gasteiger partial charge in [0.05, 0.1) is 32.0 Å². The number of hydrogen-bond donors (Lipinski definition) is 1. The molecule has 0 saturated carbocycles. The van der Waals surface area contributed by atoms with Crippen molar-refractivity contribution >= 4 is 40.2 Å². The predicted octanol–water partition coefficient (Wildman–Crippen LogP) is 9.32. The Hall–Kier alpha value is -0.110. The number of fused-ring (bicyclic) bond motifs is 2. The van der Waals surface area contributed by atoms with Gasteiger partial charge in [-0.1, -0.05) is 131 Å². The molecule has 0 radical (unpaired) electrons. The van der Waals surface area contributed by atoms with Gasteiger partial charge in [-0.25, -0.2) is 9.36 Å². The van der Waals surface area contributed by atoms with Crippen molar-refractivity contribution < 1.29 is 27.9 Å². The Morgan fingerprint density at radius 2 is 1.31 bits per heavy atom. The maximum absolute atomic E-state index is 12.2.